The summed E-state index contributed by atoms with van der Waals surface area (Å²) in [6, 6.07) is 5.74. The van der Waals surface area contributed by atoms with Gasteiger partial charge in [0.2, 0.25) is 0 Å². The topological polar surface area (TPSA) is 66.8 Å². The Hall–Kier alpha value is -1.55. The molecule has 0 amide bonds. The van der Waals surface area contributed by atoms with Gasteiger partial charge >= 0.3 is 5.97 Å². The lowest BCUT2D eigenvalue weighted by atomic mass is 9.86. The molecule has 0 spiro atoms. The molecule has 1 aromatic rings. The van der Waals surface area contributed by atoms with Crippen LogP contribution in [-0.2, 0) is 11.2 Å². The molecule has 0 bridgehead atoms. The lowest BCUT2D eigenvalue weighted by Gasteiger charge is -2.22. The van der Waals surface area contributed by atoms with Gasteiger partial charge in [-0.1, -0.05) is 12.5 Å². The molecule has 1 aliphatic heterocycles. The second-order valence-corrected chi connectivity index (χ2v) is 6.89. The van der Waals surface area contributed by atoms with E-state index in [1.807, 2.05) is 32.0 Å². The van der Waals surface area contributed by atoms with E-state index < -0.39 is 18.0 Å². The molecule has 3 rings (SSSR count). The van der Waals surface area contributed by atoms with Crippen molar-refractivity contribution in [2.45, 2.75) is 51.2 Å². The summed E-state index contributed by atoms with van der Waals surface area (Å²) in [5.41, 5.74) is 1.71. The monoisotopic (exact) mass is 290 g/mol. The van der Waals surface area contributed by atoms with Crippen molar-refractivity contribution >= 4 is 5.97 Å². The third-order valence-electron chi connectivity index (χ3n) is 4.72. The van der Waals surface area contributed by atoms with Crippen LogP contribution in [0.25, 0.3) is 0 Å². The average Bonchev–Trinajstić information content (AvgIpc) is 2.98. The Labute approximate surface area is 124 Å². The van der Waals surface area contributed by atoms with Gasteiger partial charge in [-0.25, -0.2) is 0 Å². The van der Waals surface area contributed by atoms with Crippen molar-refractivity contribution in [1.82, 2.24) is 0 Å². The Balaban J connectivity index is 1.83. The highest BCUT2D eigenvalue weighted by molar-refractivity contribution is 5.70. The molecule has 0 aromatic heterocycles. The second kappa shape index (κ2) is 5.02. The number of carboxylic acids is 1. The number of carboxylic acid groups (broad SMARTS) is 1. The van der Waals surface area contributed by atoms with Gasteiger partial charge in [-0.3, -0.25) is 4.79 Å². The van der Waals surface area contributed by atoms with Crippen molar-refractivity contribution in [2.75, 3.05) is 0 Å². The first-order valence-corrected chi connectivity index (χ1v) is 7.60. The molecule has 1 fully saturated rings. The quantitative estimate of drug-likeness (QED) is 0.898. The first-order chi connectivity index (χ1) is 9.87. The molecular weight excluding hydrogens is 268 g/mol. The maximum atomic E-state index is 11.3. The lowest BCUT2D eigenvalue weighted by molar-refractivity contribution is -0.144. The van der Waals surface area contributed by atoms with Crippen molar-refractivity contribution < 1.29 is 19.7 Å². The largest absolute Gasteiger partial charge is 0.487 e. The van der Waals surface area contributed by atoms with Crippen LogP contribution in [0.3, 0.4) is 0 Å². The maximum absolute atomic E-state index is 11.3. The van der Waals surface area contributed by atoms with E-state index >= 15 is 0 Å². The number of hydrogen-bond acceptors (Lipinski definition) is 3. The Kier molecular flexibility index (Phi) is 3.44. The molecule has 1 heterocycles. The van der Waals surface area contributed by atoms with Gasteiger partial charge in [0.1, 0.15) is 11.4 Å². The van der Waals surface area contributed by atoms with Gasteiger partial charge in [-0.15, -0.1) is 0 Å². The molecule has 2 aliphatic rings. The fraction of sp³-hybridized carbons (Fsp3) is 0.588. The fourth-order valence-electron chi connectivity index (χ4n) is 3.73. The summed E-state index contributed by atoms with van der Waals surface area (Å²) in [6.45, 7) is 4.08. The summed E-state index contributed by atoms with van der Waals surface area (Å²) in [7, 11) is 0. The third-order valence-corrected chi connectivity index (χ3v) is 4.72. The molecule has 1 saturated carbocycles. The molecule has 3 atom stereocenters. The van der Waals surface area contributed by atoms with Crippen LogP contribution in [0.15, 0.2) is 18.2 Å². The van der Waals surface area contributed by atoms with E-state index in [0.717, 1.165) is 36.1 Å². The van der Waals surface area contributed by atoms with Gasteiger partial charge in [0.05, 0.1) is 12.0 Å². The number of aliphatic hydroxyl groups excluding tert-OH is 1. The molecule has 4 nitrogen and oxygen atoms in total. The average molecular weight is 290 g/mol. The van der Waals surface area contributed by atoms with Crippen LogP contribution < -0.4 is 4.74 Å². The van der Waals surface area contributed by atoms with Gasteiger partial charge in [0.25, 0.3) is 0 Å². The first kappa shape index (κ1) is 14.4. The number of carbonyl (C=O) groups is 1. The third kappa shape index (κ3) is 2.64. The van der Waals surface area contributed by atoms with Crippen LogP contribution in [0.5, 0.6) is 5.75 Å². The van der Waals surface area contributed by atoms with E-state index in [0.29, 0.717) is 6.42 Å². The van der Waals surface area contributed by atoms with Crippen LogP contribution in [0.2, 0.25) is 0 Å². The Morgan fingerprint density at radius 3 is 2.86 bits per heavy atom. The van der Waals surface area contributed by atoms with E-state index in [-0.39, 0.29) is 11.5 Å². The number of aliphatic carboxylic acids is 1. The minimum atomic E-state index is -0.790. The molecule has 4 heteroatoms. The highest BCUT2D eigenvalue weighted by Gasteiger charge is 2.38. The Morgan fingerprint density at radius 2 is 2.14 bits per heavy atom. The van der Waals surface area contributed by atoms with Crippen molar-refractivity contribution in [3.8, 4) is 5.75 Å². The van der Waals surface area contributed by atoms with E-state index in [1.54, 1.807) is 0 Å². The van der Waals surface area contributed by atoms with Crippen molar-refractivity contribution in [2.24, 2.45) is 11.8 Å². The van der Waals surface area contributed by atoms with Crippen LogP contribution in [0.4, 0.5) is 0 Å². The lowest BCUT2D eigenvalue weighted by Crippen LogP contribution is -2.24. The summed E-state index contributed by atoms with van der Waals surface area (Å²) in [6.07, 6.45) is 2.42. The molecule has 2 N–H and O–H groups in total. The van der Waals surface area contributed by atoms with Crippen LogP contribution in [0.1, 0.15) is 50.3 Å². The van der Waals surface area contributed by atoms with Crippen molar-refractivity contribution in [3.05, 3.63) is 29.3 Å². The highest BCUT2D eigenvalue weighted by Crippen LogP contribution is 2.42. The summed E-state index contributed by atoms with van der Waals surface area (Å²) in [5.74, 6) is -0.531. The van der Waals surface area contributed by atoms with Gasteiger partial charge in [-0.2, -0.15) is 0 Å². The molecule has 21 heavy (non-hydrogen) atoms. The predicted molar refractivity (Wildman–Crippen MR) is 78.3 cm³/mol. The number of hydrogen-bond donors (Lipinski definition) is 2. The van der Waals surface area contributed by atoms with Crippen molar-refractivity contribution in [3.63, 3.8) is 0 Å². The zero-order valence-corrected chi connectivity index (χ0v) is 12.5. The van der Waals surface area contributed by atoms with Crippen LogP contribution >= 0.6 is 0 Å². The molecule has 1 aromatic carbocycles. The molecule has 3 unspecified atom stereocenters. The molecule has 1 aliphatic carbocycles. The normalized spacial score (nSPS) is 28.0. The van der Waals surface area contributed by atoms with Crippen molar-refractivity contribution in [1.29, 1.82) is 0 Å². The van der Waals surface area contributed by atoms with Crippen LogP contribution in [0, 0.1) is 11.8 Å². The van der Waals surface area contributed by atoms with E-state index in [1.165, 1.54) is 0 Å². The fourth-order valence-corrected chi connectivity index (χ4v) is 3.73. The molecule has 0 saturated heterocycles. The van der Waals surface area contributed by atoms with E-state index in [9.17, 15) is 15.0 Å². The highest BCUT2D eigenvalue weighted by atomic mass is 16.5. The summed E-state index contributed by atoms with van der Waals surface area (Å²) in [4.78, 5) is 11.3. The van der Waals surface area contributed by atoms with Crippen LogP contribution in [-0.4, -0.2) is 21.8 Å². The van der Waals surface area contributed by atoms with Gasteiger partial charge in [0, 0.05) is 12.3 Å². The second-order valence-electron chi connectivity index (χ2n) is 6.89. The van der Waals surface area contributed by atoms with Gasteiger partial charge < -0.3 is 14.9 Å². The molecule has 0 radical (unpaired) electrons. The number of ether oxygens (including phenoxy) is 1. The minimum absolute atomic E-state index is 0.184. The SMILES string of the molecule is CC1(C)Cc2cc(C(O)C3CCCC3C(=O)O)ccc2O1. The molecular formula is C17H22O4. The summed E-state index contributed by atoms with van der Waals surface area (Å²) in [5, 5.41) is 19.9. The minimum Gasteiger partial charge on any atom is -0.487 e. The maximum Gasteiger partial charge on any atom is 0.306 e. The molecule has 114 valence electrons. The first-order valence-electron chi connectivity index (χ1n) is 7.60. The zero-order valence-electron chi connectivity index (χ0n) is 12.5. The van der Waals surface area contributed by atoms with E-state index in [4.69, 9.17) is 4.74 Å². The number of fused-ring (bicyclic) bond motifs is 1. The number of benzene rings is 1. The Bertz CT molecular complexity index is 564. The predicted octanol–water partition coefficient (Wildman–Crippen LogP) is 2.93. The van der Waals surface area contributed by atoms with Gasteiger partial charge in [0.15, 0.2) is 0 Å². The summed E-state index contributed by atoms with van der Waals surface area (Å²) >= 11 is 0. The standard InChI is InChI=1S/C17H22O4/c1-17(2)9-11-8-10(6-7-14(11)21-17)15(18)12-4-3-5-13(12)16(19)20/h6-8,12-13,15,18H,3-5,9H2,1-2H3,(H,19,20). The van der Waals surface area contributed by atoms with Gasteiger partial charge in [-0.05, 0) is 49.9 Å². The number of rotatable bonds is 3. The Morgan fingerprint density at radius 1 is 1.38 bits per heavy atom. The summed E-state index contributed by atoms with van der Waals surface area (Å²) < 4.78 is 5.84. The van der Waals surface area contributed by atoms with E-state index in [2.05, 4.69) is 0 Å². The smallest absolute Gasteiger partial charge is 0.306 e. The zero-order chi connectivity index (χ0) is 15.2. The number of aliphatic hydroxyl groups is 1.